The Hall–Kier alpha value is -2.52. The third-order valence-corrected chi connectivity index (χ3v) is 5.86. The Morgan fingerprint density at radius 3 is 2.47 bits per heavy atom. The highest BCUT2D eigenvalue weighted by Gasteiger charge is 2.33. The number of sulfonamides is 1. The first-order chi connectivity index (χ1) is 13.9. The lowest BCUT2D eigenvalue weighted by Crippen LogP contribution is -2.17. The molecule has 2 N–H and O–H groups in total. The molecule has 0 unspecified atom stereocenters. The minimum atomic E-state index is -4.61. The second-order valence-corrected chi connectivity index (χ2v) is 8.71. The van der Waals surface area contributed by atoms with Gasteiger partial charge in [-0.25, -0.2) is 8.42 Å². The van der Waals surface area contributed by atoms with Crippen LogP contribution in [0.2, 0.25) is 5.02 Å². The summed E-state index contributed by atoms with van der Waals surface area (Å²) in [7, 11) is -3.50. The molecule has 0 saturated heterocycles. The summed E-state index contributed by atoms with van der Waals surface area (Å²) in [6.45, 7) is 3.38. The van der Waals surface area contributed by atoms with Gasteiger partial charge in [0.2, 0.25) is 15.9 Å². The van der Waals surface area contributed by atoms with Crippen LogP contribution < -0.4 is 10.0 Å². The van der Waals surface area contributed by atoms with E-state index in [0.29, 0.717) is 23.4 Å². The zero-order chi connectivity index (χ0) is 22.5. The van der Waals surface area contributed by atoms with Gasteiger partial charge in [0.05, 0.1) is 22.0 Å². The van der Waals surface area contributed by atoms with E-state index in [1.807, 2.05) is 0 Å². The Bertz CT molecular complexity index is 1070. The van der Waals surface area contributed by atoms with Crippen molar-refractivity contribution in [2.24, 2.45) is 0 Å². The fraction of sp³-hybridized carbons (Fsp3) is 0.250. The monoisotopic (exact) mass is 460 g/mol. The molecule has 1 amide bonds. The van der Waals surface area contributed by atoms with Crippen LogP contribution in [0.4, 0.5) is 24.5 Å². The second kappa shape index (κ2) is 9.53. The van der Waals surface area contributed by atoms with E-state index in [4.69, 9.17) is 11.6 Å². The maximum absolute atomic E-state index is 12.9. The molecule has 30 heavy (non-hydrogen) atoms. The van der Waals surface area contributed by atoms with Gasteiger partial charge in [-0.1, -0.05) is 30.7 Å². The molecule has 0 atom stereocenters. The number of hydrogen-bond donors (Lipinski definition) is 2. The lowest BCUT2D eigenvalue weighted by molar-refractivity contribution is -0.137. The fourth-order valence-corrected chi connectivity index (χ4v) is 4.00. The molecule has 0 aromatic heterocycles. The standard InChI is InChI=1S/C20H20ClF3N2O3S/c1-3-11-30(28,29)26-18-6-4-5-17(13(18)2)25-19(27)10-8-14-7-9-16(21)15(12-14)20(22,23)24/h4-10,12,26H,3,11H2,1-2H3,(H,25,27). The Morgan fingerprint density at radius 1 is 1.17 bits per heavy atom. The minimum absolute atomic E-state index is 0.0349. The first-order valence-corrected chi connectivity index (χ1v) is 10.9. The number of halogens is 4. The van der Waals surface area contributed by atoms with E-state index in [-0.39, 0.29) is 11.3 Å². The second-order valence-electron chi connectivity index (χ2n) is 6.46. The molecular formula is C20H20ClF3N2O3S. The van der Waals surface area contributed by atoms with Crippen molar-refractivity contribution in [2.45, 2.75) is 26.4 Å². The van der Waals surface area contributed by atoms with Crippen molar-refractivity contribution < 1.29 is 26.4 Å². The predicted molar refractivity (Wildman–Crippen MR) is 113 cm³/mol. The molecule has 0 bridgehead atoms. The van der Waals surface area contributed by atoms with E-state index in [0.717, 1.165) is 18.2 Å². The number of benzene rings is 2. The topological polar surface area (TPSA) is 75.3 Å². The Balaban J connectivity index is 2.17. The molecule has 0 aliphatic rings. The molecule has 162 valence electrons. The maximum Gasteiger partial charge on any atom is 0.417 e. The van der Waals surface area contributed by atoms with Crippen LogP contribution >= 0.6 is 11.6 Å². The summed E-state index contributed by atoms with van der Waals surface area (Å²) >= 11 is 5.58. The van der Waals surface area contributed by atoms with Gasteiger partial charge < -0.3 is 5.32 Å². The number of rotatable bonds is 7. The van der Waals surface area contributed by atoms with Gasteiger partial charge in [0.25, 0.3) is 0 Å². The summed E-state index contributed by atoms with van der Waals surface area (Å²) in [5, 5.41) is 2.16. The highest BCUT2D eigenvalue weighted by Crippen LogP contribution is 2.35. The molecule has 0 spiro atoms. The molecular weight excluding hydrogens is 441 g/mol. The van der Waals surface area contributed by atoms with Gasteiger partial charge in [-0.2, -0.15) is 13.2 Å². The SMILES string of the molecule is CCCS(=O)(=O)Nc1cccc(NC(=O)C=Cc2ccc(Cl)c(C(F)(F)F)c2)c1C. The number of hydrogen-bond acceptors (Lipinski definition) is 3. The van der Waals surface area contributed by atoms with Crippen molar-refractivity contribution in [1.29, 1.82) is 0 Å². The summed E-state index contributed by atoms with van der Waals surface area (Å²) in [6, 6.07) is 8.04. The summed E-state index contributed by atoms with van der Waals surface area (Å²) in [5.41, 5.74) is 0.366. The third-order valence-electron chi connectivity index (χ3n) is 4.05. The van der Waals surface area contributed by atoms with E-state index in [1.165, 1.54) is 12.1 Å². The number of amides is 1. The molecule has 0 fully saturated rings. The lowest BCUT2D eigenvalue weighted by atomic mass is 10.1. The third kappa shape index (κ3) is 6.50. The van der Waals surface area contributed by atoms with Crippen molar-refractivity contribution >= 4 is 45.0 Å². The van der Waals surface area contributed by atoms with Crippen molar-refractivity contribution in [1.82, 2.24) is 0 Å². The average Bonchev–Trinajstić information content (AvgIpc) is 2.63. The van der Waals surface area contributed by atoms with Gasteiger partial charge in [-0.05, 0) is 54.8 Å². The van der Waals surface area contributed by atoms with Crippen LogP contribution in [0.3, 0.4) is 0 Å². The van der Waals surface area contributed by atoms with Crippen LogP contribution in [-0.4, -0.2) is 20.1 Å². The van der Waals surface area contributed by atoms with Crippen LogP contribution in [0, 0.1) is 6.92 Å². The van der Waals surface area contributed by atoms with Gasteiger partial charge in [0, 0.05) is 11.8 Å². The van der Waals surface area contributed by atoms with E-state index in [2.05, 4.69) is 10.0 Å². The maximum atomic E-state index is 12.9. The number of anilines is 2. The van der Waals surface area contributed by atoms with Crippen LogP contribution in [0.1, 0.15) is 30.0 Å². The molecule has 0 radical (unpaired) electrons. The van der Waals surface area contributed by atoms with Gasteiger partial charge >= 0.3 is 6.18 Å². The summed E-state index contributed by atoms with van der Waals surface area (Å²) in [6.07, 6.45) is -1.84. The molecule has 2 rings (SSSR count). The first kappa shape index (κ1) is 23.8. The number of alkyl halides is 3. The molecule has 5 nitrogen and oxygen atoms in total. The first-order valence-electron chi connectivity index (χ1n) is 8.89. The molecule has 2 aromatic rings. The van der Waals surface area contributed by atoms with Gasteiger partial charge in [-0.15, -0.1) is 0 Å². The quantitative estimate of drug-likeness (QED) is 0.538. The minimum Gasteiger partial charge on any atom is -0.322 e. The van der Waals surface area contributed by atoms with Crippen LogP contribution in [0.15, 0.2) is 42.5 Å². The lowest BCUT2D eigenvalue weighted by Gasteiger charge is -2.13. The molecule has 0 heterocycles. The highest BCUT2D eigenvalue weighted by molar-refractivity contribution is 7.92. The van der Waals surface area contributed by atoms with Crippen LogP contribution in [-0.2, 0) is 21.0 Å². The molecule has 2 aromatic carbocycles. The fourth-order valence-electron chi connectivity index (χ4n) is 2.58. The normalized spacial score (nSPS) is 12.2. The summed E-state index contributed by atoms with van der Waals surface area (Å²) in [4.78, 5) is 12.2. The Morgan fingerprint density at radius 2 is 1.83 bits per heavy atom. The molecule has 10 heteroatoms. The summed E-state index contributed by atoms with van der Waals surface area (Å²) in [5.74, 6) is -0.623. The van der Waals surface area contributed by atoms with Crippen molar-refractivity contribution in [3.05, 3.63) is 64.2 Å². The highest BCUT2D eigenvalue weighted by atomic mass is 35.5. The van der Waals surface area contributed by atoms with Crippen LogP contribution in [0.5, 0.6) is 0 Å². The average molecular weight is 461 g/mol. The van der Waals surface area contributed by atoms with Crippen LogP contribution in [0.25, 0.3) is 6.08 Å². The molecule has 0 aliphatic carbocycles. The summed E-state index contributed by atoms with van der Waals surface area (Å²) < 4.78 is 65.2. The Kier molecular flexibility index (Phi) is 7.54. The van der Waals surface area contributed by atoms with E-state index < -0.39 is 32.7 Å². The van der Waals surface area contributed by atoms with E-state index in [1.54, 1.807) is 32.0 Å². The smallest absolute Gasteiger partial charge is 0.322 e. The van der Waals surface area contributed by atoms with Crippen molar-refractivity contribution in [2.75, 3.05) is 15.8 Å². The van der Waals surface area contributed by atoms with Crippen molar-refractivity contribution in [3.8, 4) is 0 Å². The van der Waals surface area contributed by atoms with Gasteiger partial charge in [-0.3, -0.25) is 9.52 Å². The predicted octanol–water partition coefficient (Wildman–Crippen LogP) is 5.47. The molecule has 0 aliphatic heterocycles. The van der Waals surface area contributed by atoms with Crippen molar-refractivity contribution in [3.63, 3.8) is 0 Å². The number of carbonyl (C=O) groups excluding carboxylic acids is 1. The zero-order valence-corrected chi connectivity index (χ0v) is 17.8. The van der Waals surface area contributed by atoms with E-state index >= 15 is 0 Å². The largest absolute Gasteiger partial charge is 0.417 e. The van der Waals surface area contributed by atoms with E-state index in [9.17, 15) is 26.4 Å². The number of nitrogens with one attached hydrogen (secondary N) is 2. The molecule has 0 saturated carbocycles. The Labute approximate surface area is 178 Å². The van der Waals surface area contributed by atoms with Gasteiger partial charge in [0.1, 0.15) is 0 Å². The zero-order valence-electron chi connectivity index (χ0n) is 16.2. The number of carbonyl (C=O) groups is 1. The van der Waals surface area contributed by atoms with Gasteiger partial charge in [0.15, 0.2) is 0 Å².